The summed E-state index contributed by atoms with van der Waals surface area (Å²) in [6, 6.07) is 2.03. The summed E-state index contributed by atoms with van der Waals surface area (Å²) in [7, 11) is 3.65. The summed E-state index contributed by atoms with van der Waals surface area (Å²) in [5.74, 6) is 0.737. The fourth-order valence-corrected chi connectivity index (χ4v) is 1.30. The van der Waals surface area contributed by atoms with E-state index in [1.807, 2.05) is 34.0 Å². The largest absolute Gasteiger partial charge is 0.317 e. The number of amides is 1. The Kier molecular flexibility index (Phi) is 3.85. The predicted molar refractivity (Wildman–Crippen MR) is 59.7 cm³/mol. The smallest absolute Gasteiger partial charge is 0.227 e. The summed E-state index contributed by atoms with van der Waals surface area (Å²) in [5.41, 5.74) is 0.898. The summed E-state index contributed by atoms with van der Waals surface area (Å²) in [4.78, 5) is 11.6. The molecular weight excluding hydrogens is 192 g/mol. The van der Waals surface area contributed by atoms with Gasteiger partial charge in [-0.1, -0.05) is 0 Å². The molecule has 2 N–H and O–H groups in total. The van der Waals surface area contributed by atoms with Crippen LogP contribution in [0.5, 0.6) is 0 Å². The molecular formula is C10H18N4O. The van der Waals surface area contributed by atoms with E-state index >= 15 is 0 Å². The van der Waals surface area contributed by atoms with Gasteiger partial charge >= 0.3 is 0 Å². The lowest BCUT2D eigenvalue weighted by Gasteiger charge is -2.10. The Bertz CT molecular complexity index is 345. The zero-order valence-corrected chi connectivity index (χ0v) is 9.66. The monoisotopic (exact) mass is 210 g/mol. The van der Waals surface area contributed by atoms with Gasteiger partial charge in [0.1, 0.15) is 5.82 Å². The highest BCUT2D eigenvalue weighted by Crippen LogP contribution is 2.08. The zero-order valence-electron chi connectivity index (χ0n) is 9.66. The summed E-state index contributed by atoms with van der Waals surface area (Å²) < 4.78 is 1.66. The molecule has 1 rings (SSSR count). The second-order valence-electron chi connectivity index (χ2n) is 3.74. The third kappa shape index (κ3) is 3.36. The average molecular weight is 210 g/mol. The van der Waals surface area contributed by atoms with Crippen LogP contribution >= 0.6 is 0 Å². The van der Waals surface area contributed by atoms with Crippen LogP contribution < -0.4 is 10.6 Å². The first-order valence-electron chi connectivity index (χ1n) is 5.00. The lowest BCUT2D eigenvalue weighted by atomic mass is 10.2. The molecule has 0 aliphatic carbocycles. The van der Waals surface area contributed by atoms with Gasteiger partial charge in [0.2, 0.25) is 5.91 Å². The van der Waals surface area contributed by atoms with E-state index in [2.05, 4.69) is 15.7 Å². The third-order valence-corrected chi connectivity index (χ3v) is 2.25. The lowest BCUT2D eigenvalue weighted by molar-refractivity contribution is -0.116. The Hall–Kier alpha value is -1.36. The van der Waals surface area contributed by atoms with Gasteiger partial charge in [-0.05, 0) is 20.9 Å². The minimum atomic E-state index is -0.000139. The van der Waals surface area contributed by atoms with Crippen LogP contribution in [0.1, 0.15) is 19.0 Å². The molecule has 15 heavy (non-hydrogen) atoms. The van der Waals surface area contributed by atoms with E-state index in [0.717, 1.165) is 11.5 Å². The van der Waals surface area contributed by atoms with Crippen LogP contribution in [-0.4, -0.2) is 28.8 Å². The van der Waals surface area contributed by atoms with E-state index < -0.39 is 0 Å². The summed E-state index contributed by atoms with van der Waals surface area (Å²) >= 11 is 0. The number of rotatable bonds is 4. The van der Waals surface area contributed by atoms with Crippen molar-refractivity contribution in [1.82, 2.24) is 15.1 Å². The molecule has 1 amide bonds. The van der Waals surface area contributed by atoms with Crippen LogP contribution in [0.15, 0.2) is 6.07 Å². The second-order valence-corrected chi connectivity index (χ2v) is 3.74. The summed E-state index contributed by atoms with van der Waals surface area (Å²) in [5, 5.41) is 9.99. The molecule has 0 aliphatic rings. The van der Waals surface area contributed by atoms with Crippen molar-refractivity contribution in [2.24, 2.45) is 7.05 Å². The SMILES string of the molecule is CNC(C)CC(=O)Nc1cc(C)nn1C. The zero-order chi connectivity index (χ0) is 11.4. The topological polar surface area (TPSA) is 59.0 Å². The van der Waals surface area contributed by atoms with Gasteiger partial charge in [-0.2, -0.15) is 5.10 Å². The van der Waals surface area contributed by atoms with Gasteiger partial charge in [0, 0.05) is 25.6 Å². The summed E-state index contributed by atoms with van der Waals surface area (Å²) in [6.07, 6.45) is 0.459. The van der Waals surface area contributed by atoms with Crippen LogP contribution in [0.4, 0.5) is 5.82 Å². The molecule has 1 atom stereocenters. The number of hydrogen-bond acceptors (Lipinski definition) is 3. The van der Waals surface area contributed by atoms with Crippen LogP contribution in [0.3, 0.4) is 0 Å². The number of anilines is 1. The molecule has 0 spiro atoms. The van der Waals surface area contributed by atoms with Gasteiger partial charge in [0.15, 0.2) is 0 Å². The molecule has 0 radical (unpaired) electrons. The van der Waals surface area contributed by atoms with E-state index in [1.165, 1.54) is 0 Å². The predicted octanol–water partition coefficient (Wildman–Crippen LogP) is 0.665. The molecule has 84 valence electrons. The Morgan fingerprint density at radius 1 is 1.67 bits per heavy atom. The van der Waals surface area contributed by atoms with Gasteiger partial charge in [-0.25, -0.2) is 0 Å². The Balaban J connectivity index is 2.55. The van der Waals surface area contributed by atoms with E-state index in [1.54, 1.807) is 4.68 Å². The maximum atomic E-state index is 11.6. The molecule has 5 nitrogen and oxygen atoms in total. The molecule has 0 aliphatic heterocycles. The van der Waals surface area contributed by atoms with Gasteiger partial charge < -0.3 is 10.6 Å². The van der Waals surface area contributed by atoms with Crippen molar-refractivity contribution >= 4 is 11.7 Å². The minimum Gasteiger partial charge on any atom is -0.317 e. The van der Waals surface area contributed by atoms with Crippen molar-refractivity contribution in [3.63, 3.8) is 0 Å². The van der Waals surface area contributed by atoms with E-state index in [-0.39, 0.29) is 11.9 Å². The van der Waals surface area contributed by atoms with Crippen molar-refractivity contribution in [2.45, 2.75) is 26.3 Å². The molecule has 0 bridgehead atoms. The second kappa shape index (κ2) is 4.93. The lowest BCUT2D eigenvalue weighted by Crippen LogP contribution is -2.27. The highest BCUT2D eigenvalue weighted by molar-refractivity contribution is 5.90. The Morgan fingerprint density at radius 3 is 2.80 bits per heavy atom. The first kappa shape index (κ1) is 11.7. The third-order valence-electron chi connectivity index (χ3n) is 2.25. The fraction of sp³-hybridized carbons (Fsp3) is 0.600. The molecule has 1 aromatic heterocycles. The molecule has 1 aromatic rings. The first-order valence-corrected chi connectivity index (χ1v) is 5.00. The maximum Gasteiger partial charge on any atom is 0.227 e. The molecule has 0 aromatic carbocycles. The van der Waals surface area contributed by atoms with Crippen molar-refractivity contribution in [1.29, 1.82) is 0 Å². The quantitative estimate of drug-likeness (QED) is 0.767. The molecule has 1 heterocycles. The number of aryl methyl sites for hydroxylation is 2. The van der Waals surface area contributed by atoms with Crippen molar-refractivity contribution in [2.75, 3.05) is 12.4 Å². The average Bonchev–Trinajstić information content (AvgIpc) is 2.44. The normalized spacial score (nSPS) is 12.5. The number of nitrogens with one attached hydrogen (secondary N) is 2. The van der Waals surface area contributed by atoms with Crippen molar-refractivity contribution in [3.05, 3.63) is 11.8 Å². The van der Waals surface area contributed by atoms with Crippen LogP contribution in [0.2, 0.25) is 0 Å². The molecule has 0 saturated heterocycles. The first-order chi connectivity index (χ1) is 7.02. The van der Waals surface area contributed by atoms with Crippen LogP contribution in [0.25, 0.3) is 0 Å². The molecule has 0 saturated carbocycles. The molecule has 5 heteroatoms. The van der Waals surface area contributed by atoms with Gasteiger partial charge in [-0.15, -0.1) is 0 Å². The number of aromatic nitrogens is 2. The summed E-state index contributed by atoms with van der Waals surface area (Å²) in [6.45, 7) is 3.86. The Labute approximate surface area is 89.9 Å². The van der Waals surface area contributed by atoms with Crippen LogP contribution in [0, 0.1) is 6.92 Å². The minimum absolute atomic E-state index is 0.000139. The molecule has 1 unspecified atom stereocenters. The van der Waals surface area contributed by atoms with Gasteiger partial charge in [0.25, 0.3) is 0 Å². The van der Waals surface area contributed by atoms with Gasteiger partial charge in [0.05, 0.1) is 5.69 Å². The van der Waals surface area contributed by atoms with E-state index in [9.17, 15) is 4.79 Å². The Morgan fingerprint density at radius 2 is 2.33 bits per heavy atom. The number of carbonyl (C=O) groups excluding carboxylic acids is 1. The maximum absolute atomic E-state index is 11.6. The number of nitrogens with zero attached hydrogens (tertiary/aromatic N) is 2. The van der Waals surface area contributed by atoms with E-state index in [0.29, 0.717) is 6.42 Å². The standard InChI is InChI=1S/C10H18N4O/c1-7(11-3)6-10(15)12-9-5-8(2)13-14(9)4/h5,7,11H,6H2,1-4H3,(H,12,15). The van der Waals surface area contributed by atoms with Gasteiger partial charge in [-0.3, -0.25) is 9.48 Å². The molecule has 0 fully saturated rings. The highest BCUT2D eigenvalue weighted by Gasteiger charge is 2.09. The van der Waals surface area contributed by atoms with E-state index in [4.69, 9.17) is 0 Å². The van der Waals surface area contributed by atoms with Crippen molar-refractivity contribution < 1.29 is 4.79 Å². The van der Waals surface area contributed by atoms with Crippen LogP contribution in [-0.2, 0) is 11.8 Å². The van der Waals surface area contributed by atoms with Crippen molar-refractivity contribution in [3.8, 4) is 0 Å². The fourth-order valence-electron chi connectivity index (χ4n) is 1.30. The highest BCUT2D eigenvalue weighted by atomic mass is 16.1. The number of hydrogen-bond donors (Lipinski definition) is 2. The number of carbonyl (C=O) groups is 1.